The average molecular weight is 253 g/mol. The van der Waals surface area contributed by atoms with Crippen molar-refractivity contribution in [3.63, 3.8) is 0 Å². The van der Waals surface area contributed by atoms with Crippen molar-refractivity contribution in [2.45, 2.75) is 25.9 Å². The largest absolute Gasteiger partial charge is 0.391 e. The number of aliphatic hydroxyl groups excluding tert-OH is 1. The lowest BCUT2D eigenvalue weighted by atomic mass is 10.1. The van der Waals surface area contributed by atoms with Crippen LogP contribution in [0.1, 0.15) is 36.0 Å². The number of carbonyl (C=O) groups is 1. The molecule has 2 heterocycles. The molecule has 1 fully saturated rings. The Hall–Kier alpha value is -1.40. The van der Waals surface area contributed by atoms with Gasteiger partial charge in [0.2, 0.25) is 5.76 Å². The fourth-order valence-electron chi connectivity index (χ4n) is 1.91. The second-order valence-corrected chi connectivity index (χ2v) is 4.97. The minimum absolute atomic E-state index is 0.0569. The van der Waals surface area contributed by atoms with Gasteiger partial charge in [-0.2, -0.15) is 0 Å². The van der Waals surface area contributed by atoms with Gasteiger partial charge in [-0.05, 0) is 5.92 Å². The van der Waals surface area contributed by atoms with E-state index in [1.54, 1.807) is 6.07 Å². The molecule has 2 atom stereocenters. The average Bonchev–Trinajstić information content (AvgIpc) is 2.94. The molecule has 3 N–H and O–H groups in total. The Morgan fingerprint density at radius 1 is 1.67 bits per heavy atom. The highest BCUT2D eigenvalue weighted by Gasteiger charge is 2.25. The van der Waals surface area contributed by atoms with Crippen molar-refractivity contribution in [2.75, 3.05) is 19.6 Å². The summed E-state index contributed by atoms with van der Waals surface area (Å²) in [5.41, 5.74) is 0.766. The van der Waals surface area contributed by atoms with E-state index >= 15 is 0 Å². The Balaban J connectivity index is 1.87. The number of hydrogen-bond acceptors (Lipinski definition) is 5. The summed E-state index contributed by atoms with van der Waals surface area (Å²) < 4.78 is 4.99. The molecule has 2 rings (SSSR count). The molecule has 0 aromatic carbocycles. The third-order valence-corrected chi connectivity index (χ3v) is 3.17. The fraction of sp³-hybridized carbons (Fsp3) is 0.667. The van der Waals surface area contributed by atoms with Crippen molar-refractivity contribution >= 4 is 5.91 Å². The molecular weight excluding hydrogens is 234 g/mol. The van der Waals surface area contributed by atoms with Crippen LogP contribution in [0.4, 0.5) is 0 Å². The zero-order chi connectivity index (χ0) is 13.1. The summed E-state index contributed by atoms with van der Waals surface area (Å²) in [5.74, 6) is 0.227. The van der Waals surface area contributed by atoms with Crippen LogP contribution in [0, 0.1) is 5.92 Å². The summed E-state index contributed by atoms with van der Waals surface area (Å²) in [6, 6.07) is 1.66. The topological polar surface area (TPSA) is 87.4 Å². The van der Waals surface area contributed by atoms with Crippen LogP contribution in [0.5, 0.6) is 0 Å². The molecule has 100 valence electrons. The number of aromatic nitrogens is 1. The number of aliphatic hydroxyl groups is 1. The number of carbonyl (C=O) groups excluding carboxylic acids is 1. The molecule has 0 spiro atoms. The second-order valence-electron chi connectivity index (χ2n) is 4.97. The Labute approximate surface area is 106 Å². The van der Waals surface area contributed by atoms with Crippen LogP contribution < -0.4 is 10.6 Å². The van der Waals surface area contributed by atoms with E-state index in [-0.39, 0.29) is 23.5 Å². The quantitative estimate of drug-likeness (QED) is 0.709. The standard InChI is InChI=1S/C12H19N3O3/c1-7(2)9-3-11(18-15-9)12(17)14-5-8-4-13-6-10(8)16/h3,7-8,10,13,16H,4-6H2,1-2H3,(H,14,17). The summed E-state index contributed by atoms with van der Waals surface area (Å²) in [5, 5.41) is 19.3. The zero-order valence-electron chi connectivity index (χ0n) is 10.6. The van der Waals surface area contributed by atoms with Gasteiger partial charge in [-0.15, -0.1) is 0 Å². The van der Waals surface area contributed by atoms with Crippen LogP contribution in [0.25, 0.3) is 0 Å². The highest BCUT2D eigenvalue weighted by Crippen LogP contribution is 2.14. The number of nitrogens with one attached hydrogen (secondary N) is 2. The fourth-order valence-corrected chi connectivity index (χ4v) is 1.91. The first-order chi connectivity index (χ1) is 8.58. The summed E-state index contributed by atoms with van der Waals surface area (Å²) in [7, 11) is 0. The third-order valence-electron chi connectivity index (χ3n) is 3.17. The summed E-state index contributed by atoms with van der Waals surface area (Å²) >= 11 is 0. The van der Waals surface area contributed by atoms with Crippen molar-refractivity contribution in [1.82, 2.24) is 15.8 Å². The van der Waals surface area contributed by atoms with Gasteiger partial charge in [0.25, 0.3) is 5.91 Å². The Morgan fingerprint density at radius 2 is 2.44 bits per heavy atom. The first-order valence-corrected chi connectivity index (χ1v) is 6.21. The van der Waals surface area contributed by atoms with Crippen molar-refractivity contribution < 1.29 is 14.4 Å². The summed E-state index contributed by atoms with van der Waals surface area (Å²) in [4.78, 5) is 11.8. The normalized spacial score (nSPS) is 23.6. The number of nitrogens with zero attached hydrogens (tertiary/aromatic N) is 1. The predicted molar refractivity (Wildman–Crippen MR) is 65.3 cm³/mol. The molecule has 2 unspecified atom stereocenters. The maximum Gasteiger partial charge on any atom is 0.289 e. The molecule has 1 aliphatic rings. The van der Waals surface area contributed by atoms with Crippen LogP contribution in [-0.2, 0) is 0 Å². The van der Waals surface area contributed by atoms with E-state index < -0.39 is 6.10 Å². The van der Waals surface area contributed by atoms with Gasteiger partial charge in [-0.3, -0.25) is 4.79 Å². The maximum atomic E-state index is 11.8. The molecule has 0 saturated carbocycles. The zero-order valence-corrected chi connectivity index (χ0v) is 10.6. The molecule has 1 aromatic heterocycles. The van der Waals surface area contributed by atoms with E-state index in [4.69, 9.17) is 4.52 Å². The van der Waals surface area contributed by atoms with Crippen LogP contribution >= 0.6 is 0 Å². The van der Waals surface area contributed by atoms with Crippen LogP contribution in [0.15, 0.2) is 10.6 Å². The third kappa shape index (κ3) is 2.88. The lowest BCUT2D eigenvalue weighted by Crippen LogP contribution is -2.34. The van der Waals surface area contributed by atoms with Gasteiger partial charge in [0, 0.05) is 31.6 Å². The van der Waals surface area contributed by atoms with E-state index in [1.165, 1.54) is 0 Å². The van der Waals surface area contributed by atoms with E-state index in [1.807, 2.05) is 13.8 Å². The van der Waals surface area contributed by atoms with Gasteiger partial charge >= 0.3 is 0 Å². The molecule has 1 amide bonds. The highest BCUT2D eigenvalue weighted by molar-refractivity contribution is 5.91. The monoisotopic (exact) mass is 253 g/mol. The molecule has 1 aliphatic heterocycles. The molecule has 1 saturated heterocycles. The van der Waals surface area contributed by atoms with Crippen LogP contribution in [0.2, 0.25) is 0 Å². The minimum Gasteiger partial charge on any atom is -0.391 e. The van der Waals surface area contributed by atoms with Gasteiger partial charge in [-0.25, -0.2) is 0 Å². The molecule has 18 heavy (non-hydrogen) atoms. The second kappa shape index (κ2) is 5.49. The molecule has 0 radical (unpaired) electrons. The van der Waals surface area contributed by atoms with Gasteiger partial charge in [0.15, 0.2) is 0 Å². The summed E-state index contributed by atoms with van der Waals surface area (Å²) in [6.45, 7) is 5.71. The number of hydrogen-bond donors (Lipinski definition) is 3. The lowest BCUT2D eigenvalue weighted by molar-refractivity contribution is 0.0890. The van der Waals surface area contributed by atoms with Gasteiger partial charge in [0.1, 0.15) is 0 Å². The van der Waals surface area contributed by atoms with E-state index in [0.717, 1.165) is 12.2 Å². The van der Waals surface area contributed by atoms with Crippen molar-refractivity contribution in [3.8, 4) is 0 Å². The van der Waals surface area contributed by atoms with Crippen molar-refractivity contribution in [1.29, 1.82) is 0 Å². The lowest BCUT2D eigenvalue weighted by Gasteiger charge is -2.12. The predicted octanol–water partition coefficient (Wildman–Crippen LogP) is 0.108. The van der Waals surface area contributed by atoms with Crippen molar-refractivity contribution in [3.05, 3.63) is 17.5 Å². The number of amides is 1. The molecular formula is C12H19N3O3. The Morgan fingerprint density at radius 3 is 3.00 bits per heavy atom. The molecule has 0 bridgehead atoms. The van der Waals surface area contributed by atoms with Gasteiger partial charge in [0.05, 0.1) is 11.8 Å². The molecule has 0 aliphatic carbocycles. The number of rotatable bonds is 4. The Kier molecular flexibility index (Phi) is 3.98. The van der Waals surface area contributed by atoms with E-state index in [0.29, 0.717) is 13.1 Å². The van der Waals surface area contributed by atoms with Crippen LogP contribution in [-0.4, -0.2) is 41.9 Å². The van der Waals surface area contributed by atoms with E-state index in [9.17, 15) is 9.90 Å². The Bertz CT molecular complexity index is 416. The van der Waals surface area contributed by atoms with E-state index in [2.05, 4.69) is 15.8 Å². The molecule has 6 nitrogen and oxygen atoms in total. The van der Waals surface area contributed by atoms with Crippen molar-refractivity contribution in [2.24, 2.45) is 5.92 Å². The first-order valence-electron chi connectivity index (χ1n) is 6.21. The highest BCUT2D eigenvalue weighted by atomic mass is 16.5. The molecule has 6 heteroatoms. The SMILES string of the molecule is CC(C)c1cc(C(=O)NCC2CNCC2O)on1. The number of β-amino-alcohol motifs (C(OH)–C–C–N with tert-alkyl or cyclic N) is 1. The smallest absolute Gasteiger partial charge is 0.289 e. The van der Waals surface area contributed by atoms with Crippen LogP contribution in [0.3, 0.4) is 0 Å². The van der Waals surface area contributed by atoms with Gasteiger partial charge < -0.3 is 20.3 Å². The van der Waals surface area contributed by atoms with Gasteiger partial charge in [-0.1, -0.05) is 19.0 Å². The summed E-state index contributed by atoms with van der Waals surface area (Å²) in [6.07, 6.45) is -0.397. The first kappa shape index (κ1) is 13.0. The molecule has 1 aromatic rings. The minimum atomic E-state index is -0.397. The maximum absolute atomic E-state index is 11.8.